The maximum atomic E-state index is 13.9. The van der Waals surface area contributed by atoms with Gasteiger partial charge in [0.2, 0.25) is 0 Å². The Balaban J connectivity index is 1.68. The van der Waals surface area contributed by atoms with Crippen molar-refractivity contribution in [1.29, 1.82) is 0 Å². The number of aryl methyl sites for hydroxylation is 1. The number of nitrogens with one attached hydrogen (secondary N) is 2. The van der Waals surface area contributed by atoms with Crippen LogP contribution in [0.15, 0.2) is 66.9 Å². The van der Waals surface area contributed by atoms with Crippen molar-refractivity contribution >= 4 is 41.1 Å². The van der Waals surface area contributed by atoms with Gasteiger partial charge in [0.15, 0.2) is 6.17 Å². The van der Waals surface area contributed by atoms with E-state index in [1.807, 2.05) is 13.0 Å². The molecule has 2 aromatic carbocycles. The molecule has 3 aromatic rings. The summed E-state index contributed by atoms with van der Waals surface area (Å²) >= 11 is 5.87. The molecule has 2 atom stereocenters. The monoisotopic (exact) mass is 567 g/mol. The third kappa shape index (κ3) is 6.92. The number of hydrogen-bond donors (Lipinski definition) is 3. The van der Waals surface area contributed by atoms with Crippen LogP contribution >= 0.6 is 11.6 Å². The molecule has 2 heterocycles. The van der Waals surface area contributed by atoms with Crippen LogP contribution in [0, 0.1) is 12.7 Å². The first-order chi connectivity index (χ1) is 19.1. The molecule has 0 bridgehead atoms. The van der Waals surface area contributed by atoms with Gasteiger partial charge in [0.25, 0.3) is 11.8 Å². The summed E-state index contributed by atoms with van der Waals surface area (Å²) in [4.78, 5) is 58.8. The molecule has 4 amide bonds. The SMILES string of the molecule is Cc1cccc(C(CC(=O)O)NC(=O)C2N(C(=O)Nc3cccc(F)c3)CCCN2C(=O)c2ccc(Cl)nc2)c1. The average molecular weight is 568 g/mol. The second kappa shape index (κ2) is 12.6. The number of amides is 4. The number of urea groups is 1. The van der Waals surface area contributed by atoms with E-state index in [1.54, 1.807) is 18.2 Å². The third-order valence-electron chi connectivity index (χ3n) is 6.33. The topological polar surface area (TPSA) is 132 Å². The Morgan fingerprint density at radius 1 is 1.07 bits per heavy atom. The minimum absolute atomic E-state index is 0.107. The lowest BCUT2D eigenvalue weighted by Gasteiger charge is -2.43. The van der Waals surface area contributed by atoms with Crippen molar-refractivity contribution in [2.45, 2.75) is 32.0 Å². The minimum Gasteiger partial charge on any atom is -0.481 e. The zero-order valence-electron chi connectivity index (χ0n) is 21.5. The summed E-state index contributed by atoms with van der Waals surface area (Å²) in [5, 5.41) is 15.0. The normalized spacial score (nSPS) is 15.7. The summed E-state index contributed by atoms with van der Waals surface area (Å²) in [6.45, 7) is 2.08. The van der Waals surface area contributed by atoms with Crippen LogP contribution in [0.5, 0.6) is 0 Å². The Bertz CT molecular complexity index is 1420. The van der Waals surface area contributed by atoms with Crippen molar-refractivity contribution < 1.29 is 28.7 Å². The van der Waals surface area contributed by atoms with Gasteiger partial charge in [-0.3, -0.25) is 19.3 Å². The first-order valence-electron chi connectivity index (χ1n) is 12.5. The van der Waals surface area contributed by atoms with Gasteiger partial charge in [-0.25, -0.2) is 14.2 Å². The molecule has 1 aromatic heterocycles. The van der Waals surface area contributed by atoms with Crippen molar-refractivity contribution in [2.24, 2.45) is 0 Å². The molecular formula is C28H27ClFN5O5. The highest BCUT2D eigenvalue weighted by atomic mass is 35.5. The van der Waals surface area contributed by atoms with E-state index in [0.717, 1.165) is 11.6 Å². The molecule has 10 nitrogen and oxygen atoms in total. The standard InChI is InChI=1S/C28H27ClFN5O5/c1-17-5-2-6-18(13-17)22(15-24(36)37)33-25(38)26-34(27(39)19-9-10-23(29)31-16-19)11-4-12-35(26)28(40)32-21-8-3-7-20(30)14-21/h2-3,5-10,13-14,16,22,26H,4,11-12,15H2,1H3,(H,32,40)(H,33,38)(H,36,37). The number of halogens is 2. The predicted octanol–water partition coefficient (Wildman–Crippen LogP) is 4.22. The fourth-order valence-electron chi connectivity index (χ4n) is 4.52. The molecule has 2 unspecified atom stereocenters. The van der Waals surface area contributed by atoms with Crippen molar-refractivity contribution in [1.82, 2.24) is 20.1 Å². The molecular weight excluding hydrogens is 541 g/mol. The van der Waals surface area contributed by atoms with Crippen LogP contribution in [-0.4, -0.2) is 63.0 Å². The number of anilines is 1. The van der Waals surface area contributed by atoms with E-state index in [4.69, 9.17) is 11.6 Å². The molecule has 0 saturated carbocycles. The number of hydrogen-bond acceptors (Lipinski definition) is 5. The van der Waals surface area contributed by atoms with E-state index in [1.165, 1.54) is 46.3 Å². The molecule has 1 fully saturated rings. The highest BCUT2D eigenvalue weighted by molar-refractivity contribution is 6.29. The lowest BCUT2D eigenvalue weighted by atomic mass is 10.0. The van der Waals surface area contributed by atoms with Crippen LogP contribution in [-0.2, 0) is 9.59 Å². The van der Waals surface area contributed by atoms with Crippen molar-refractivity contribution in [3.05, 3.63) is 94.5 Å². The van der Waals surface area contributed by atoms with Crippen LogP contribution in [0.1, 0.15) is 40.4 Å². The van der Waals surface area contributed by atoms with Crippen LogP contribution in [0.4, 0.5) is 14.9 Å². The molecule has 4 rings (SSSR count). The number of carbonyl (C=O) groups excluding carboxylic acids is 3. The largest absolute Gasteiger partial charge is 0.481 e. The number of rotatable bonds is 7. The smallest absolute Gasteiger partial charge is 0.323 e. The Labute approximate surface area is 234 Å². The Kier molecular flexibility index (Phi) is 8.95. The molecule has 40 heavy (non-hydrogen) atoms. The highest BCUT2D eigenvalue weighted by Crippen LogP contribution is 2.24. The fourth-order valence-corrected chi connectivity index (χ4v) is 4.63. The van der Waals surface area contributed by atoms with Gasteiger partial charge in [0, 0.05) is 25.0 Å². The highest BCUT2D eigenvalue weighted by Gasteiger charge is 2.41. The number of benzene rings is 2. The van der Waals surface area contributed by atoms with E-state index in [-0.39, 0.29) is 29.5 Å². The quantitative estimate of drug-likeness (QED) is 0.366. The number of carboxylic acid groups (broad SMARTS) is 1. The predicted molar refractivity (Wildman–Crippen MR) is 145 cm³/mol. The van der Waals surface area contributed by atoms with Crippen LogP contribution in [0.25, 0.3) is 0 Å². The molecule has 208 valence electrons. The van der Waals surface area contributed by atoms with Crippen LogP contribution < -0.4 is 10.6 Å². The molecule has 1 saturated heterocycles. The zero-order valence-corrected chi connectivity index (χ0v) is 22.3. The number of carbonyl (C=O) groups is 4. The van der Waals surface area contributed by atoms with Gasteiger partial charge in [-0.15, -0.1) is 0 Å². The van der Waals surface area contributed by atoms with Gasteiger partial charge in [-0.1, -0.05) is 47.5 Å². The maximum Gasteiger partial charge on any atom is 0.323 e. The first kappa shape index (κ1) is 28.5. The average Bonchev–Trinajstić information content (AvgIpc) is 2.92. The summed E-state index contributed by atoms with van der Waals surface area (Å²) in [7, 11) is 0. The van der Waals surface area contributed by atoms with Gasteiger partial charge in [-0.05, 0) is 49.2 Å². The molecule has 0 aliphatic carbocycles. The van der Waals surface area contributed by atoms with Gasteiger partial charge >= 0.3 is 12.0 Å². The number of carboxylic acids is 1. The Morgan fingerprint density at radius 3 is 2.50 bits per heavy atom. The maximum absolute atomic E-state index is 13.9. The second-order valence-electron chi connectivity index (χ2n) is 9.30. The molecule has 1 aliphatic rings. The van der Waals surface area contributed by atoms with Crippen LogP contribution in [0.3, 0.4) is 0 Å². The number of pyridine rings is 1. The first-order valence-corrected chi connectivity index (χ1v) is 12.8. The summed E-state index contributed by atoms with van der Waals surface area (Å²) in [5.74, 6) is -3.03. The van der Waals surface area contributed by atoms with Crippen LogP contribution in [0.2, 0.25) is 5.15 Å². The Hall–Kier alpha value is -4.51. The zero-order chi connectivity index (χ0) is 28.8. The van der Waals surface area contributed by atoms with Crippen molar-refractivity contribution in [3.8, 4) is 0 Å². The second-order valence-corrected chi connectivity index (χ2v) is 9.69. The van der Waals surface area contributed by atoms with E-state index < -0.39 is 48.3 Å². The van der Waals surface area contributed by atoms with E-state index in [0.29, 0.717) is 12.0 Å². The van der Waals surface area contributed by atoms with Gasteiger partial charge in [0.05, 0.1) is 18.0 Å². The van der Waals surface area contributed by atoms with Crippen molar-refractivity contribution in [2.75, 3.05) is 18.4 Å². The summed E-state index contributed by atoms with van der Waals surface area (Å²) in [6, 6.07) is 13.5. The third-order valence-corrected chi connectivity index (χ3v) is 6.56. The molecule has 1 aliphatic heterocycles. The number of nitrogens with zero attached hydrogens (tertiary/aromatic N) is 3. The van der Waals surface area contributed by atoms with E-state index >= 15 is 0 Å². The molecule has 12 heteroatoms. The Morgan fingerprint density at radius 2 is 1.82 bits per heavy atom. The van der Waals surface area contributed by atoms with E-state index in [9.17, 15) is 28.7 Å². The van der Waals surface area contributed by atoms with Gasteiger partial charge in [0.1, 0.15) is 11.0 Å². The van der Waals surface area contributed by atoms with Crippen molar-refractivity contribution in [3.63, 3.8) is 0 Å². The lowest BCUT2D eigenvalue weighted by Crippen LogP contribution is -2.64. The lowest BCUT2D eigenvalue weighted by molar-refractivity contribution is -0.138. The van der Waals surface area contributed by atoms with E-state index in [2.05, 4.69) is 15.6 Å². The van der Waals surface area contributed by atoms with Gasteiger partial charge in [-0.2, -0.15) is 0 Å². The number of aliphatic carboxylic acids is 1. The summed E-state index contributed by atoms with van der Waals surface area (Å²) in [6.07, 6.45) is -0.243. The minimum atomic E-state index is -1.44. The van der Waals surface area contributed by atoms with Gasteiger partial charge < -0.3 is 20.6 Å². The molecule has 3 N–H and O–H groups in total. The molecule has 0 spiro atoms. The molecule has 0 radical (unpaired) electrons. The summed E-state index contributed by atoms with van der Waals surface area (Å²) < 4.78 is 13.7. The number of aromatic nitrogens is 1. The fraction of sp³-hybridized carbons (Fsp3) is 0.250. The summed E-state index contributed by atoms with van der Waals surface area (Å²) in [5.41, 5.74) is 1.73.